The van der Waals surface area contributed by atoms with Crippen molar-refractivity contribution in [1.29, 1.82) is 0 Å². The Labute approximate surface area is 192 Å². The Morgan fingerprint density at radius 3 is 2.50 bits per heavy atom. The molecule has 0 spiro atoms. The number of thiophene rings is 1. The fourth-order valence-corrected chi connectivity index (χ4v) is 5.15. The highest BCUT2D eigenvalue weighted by atomic mass is 32.1. The van der Waals surface area contributed by atoms with Crippen molar-refractivity contribution in [3.05, 3.63) is 92.9 Å². The number of hydrogen-bond acceptors (Lipinski definition) is 3. The Bertz CT molecular complexity index is 1090. The molecule has 0 aliphatic carbocycles. The maximum atomic E-state index is 13.5. The molecule has 1 unspecified atom stereocenters. The zero-order chi connectivity index (χ0) is 22.7. The van der Waals surface area contributed by atoms with E-state index in [-0.39, 0.29) is 30.2 Å². The highest BCUT2D eigenvalue weighted by molar-refractivity contribution is 7.10. The van der Waals surface area contributed by atoms with Gasteiger partial charge >= 0.3 is 0 Å². The van der Waals surface area contributed by atoms with E-state index in [4.69, 9.17) is 0 Å². The summed E-state index contributed by atoms with van der Waals surface area (Å²) in [6.45, 7) is 5.12. The Morgan fingerprint density at radius 2 is 1.81 bits per heavy atom. The van der Waals surface area contributed by atoms with Crippen molar-refractivity contribution >= 4 is 23.2 Å². The van der Waals surface area contributed by atoms with Gasteiger partial charge in [0.15, 0.2) is 0 Å². The predicted octanol–water partition coefficient (Wildman–Crippen LogP) is 5.22. The first-order chi connectivity index (χ1) is 15.5. The standard InChI is InChI=1S/C26H27FN2O2S/c1-3-14-28(26(31)20-8-10-21(27)11-9-20)17-24(30)29-15-12-23-22(13-16-32-23)25(29)19-6-4-18(2)5-7-19/h4-11,13,16,25H,3,12,14-15,17H2,1-2H3. The summed E-state index contributed by atoms with van der Waals surface area (Å²) in [5, 5.41) is 2.08. The number of carbonyl (C=O) groups is 2. The molecular formula is C26H27FN2O2S. The number of rotatable bonds is 6. The van der Waals surface area contributed by atoms with Crippen LogP contribution >= 0.6 is 11.3 Å². The number of hydrogen-bond donors (Lipinski definition) is 0. The molecule has 2 amide bonds. The second-order valence-electron chi connectivity index (χ2n) is 8.18. The average molecular weight is 451 g/mol. The molecule has 0 fully saturated rings. The van der Waals surface area contributed by atoms with E-state index < -0.39 is 0 Å². The summed E-state index contributed by atoms with van der Waals surface area (Å²) in [5.41, 5.74) is 3.81. The van der Waals surface area contributed by atoms with Gasteiger partial charge in [-0.05, 0) is 66.6 Å². The van der Waals surface area contributed by atoms with E-state index in [1.165, 1.54) is 40.3 Å². The molecule has 3 aromatic rings. The normalized spacial score (nSPS) is 15.3. The summed E-state index contributed by atoms with van der Waals surface area (Å²) in [6.07, 6.45) is 1.55. The molecule has 2 heterocycles. The Morgan fingerprint density at radius 1 is 1.09 bits per heavy atom. The van der Waals surface area contributed by atoms with Crippen molar-refractivity contribution in [2.75, 3.05) is 19.6 Å². The van der Waals surface area contributed by atoms with E-state index >= 15 is 0 Å². The summed E-state index contributed by atoms with van der Waals surface area (Å²) < 4.78 is 13.3. The minimum Gasteiger partial charge on any atom is -0.330 e. The third kappa shape index (κ3) is 4.60. The molecule has 2 aromatic carbocycles. The van der Waals surface area contributed by atoms with Gasteiger partial charge in [0.25, 0.3) is 5.91 Å². The third-order valence-electron chi connectivity index (χ3n) is 5.88. The molecule has 0 radical (unpaired) electrons. The van der Waals surface area contributed by atoms with E-state index in [9.17, 15) is 14.0 Å². The van der Waals surface area contributed by atoms with Crippen LogP contribution in [0.25, 0.3) is 0 Å². The van der Waals surface area contributed by atoms with Crippen molar-refractivity contribution in [2.24, 2.45) is 0 Å². The SMILES string of the molecule is CCCN(CC(=O)N1CCc2sccc2C1c1ccc(C)cc1)C(=O)c1ccc(F)cc1. The molecule has 4 nitrogen and oxygen atoms in total. The number of nitrogens with zero attached hydrogens (tertiary/aromatic N) is 2. The van der Waals surface area contributed by atoms with E-state index in [0.29, 0.717) is 18.7 Å². The summed E-state index contributed by atoms with van der Waals surface area (Å²) in [5.74, 6) is -0.711. The van der Waals surface area contributed by atoms with Crippen molar-refractivity contribution < 1.29 is 14.0 Å². The number of benzene rings is 2. The highest BCUT2D eigenvalue weighted by Crippen LogP contribution is 2.38. The Kier molecular flexibility index (Phi) is 6.70. The van der Waals surface area contributed by atoms with Gasteiger partial charge in [-0.1, -0.05) is 36.8 Å². The smallest absolute Gasteiger partial charge is 0.254 e. The van der Waals surface area contributed by atoms with Crippen LogP contribution < -0.4 is 0 Å². The largest absolute Gasteiger partial charge is 0.330 e. The van der Waals surface area contributed by atoms with Crippen LogP contribution in [-0.4, -0.2) is 41.2 Å². The van der Waals surface area contributed by atoms with Crippen LogP contribution in [-0.2, 0) is 11.2 Å². The summed E-state index contributed by atoms with van der Waals surface area (Å²) in [7, 11) is 0. The number of carbonyl (C=O) groups excluding carboxylic acids is 2. The summed E-state index contributed by atoms with van der Waals surface area (Å²) in [6, 6.07) is 15.8. The van der Waals surface area contributed by atoms with Gasteiger partial charge in [0, 0.05) is 23.5 Å². The van der Waals surface area contributed by atoms with Crippen LogP contribution in [0, 0.1) is 12.7 Å². The molecule has 6 heteroatoms. The van der Waals surface area contributed by atoms with Gasteiger partial charge in [0.2, 0.25) is 5.91 Å². The van der Waals surface area contributed by atoms with Crippen LogP contribution in [0.2, 0.25) is 0 Å². The maximum absolute atomic E-state index is 13.5. The average Bonchev–Trinajstić information content (AvgIpc) is 3.28. The quantitative estimate of drug-likeness (QED) is 0.516. The molecule has 4 rings (SSSR count). The number of aryl methyl sites for hydroxylation is 1. The Balaban J connectivity index is 1.60. The number of amides is 2. The topological polar surface area (TPSA) is 40.6 Å². The molecule has 0 saturated carbocycles. The van der Waals surface area contributed by atoms with Gasteiger partial charge in [-0.25, -0.2) is 4.39 Å². The molecule has 0 saturated heterocycles. The van der Waals surface area contributed by atoms with Gasteiger partial charge < -0.3 is 9.80 Å². The van der Waals surface area contributed by atoms with E-state index in [1.807, 2.05) is 18.7 Å². The zero-order valence-electron chi connectivity index (χ0n) is 18.4. The number of halogens is 1. The fraction of sp³-hybridized carbons (Fsp3) is 0.308. The molecule has 166 valence electrons. The first-order valence-electron chi connectivity index (χ1n) is 10.9. The molecule has 1 aromatic heterocycles. The van der Waals surface area contributed by atoms with Gasteiger partial charge in [-0.2, -0.15) is 0 Å². The number of fused-ring (bicyclic) bond motifs is 1. The molecule has 0 bridgehead atoms. The highest BCUT2D eigenvalue weighted by Gasteiger charge is 2.34. The first-order valence-corrected chi connectivity index (χ1v) is 11.8. The second-order valence-corrected chi connectivity index (χ2v) is 9.18. The van der Waals surface area contributed by atoms with Crippen molar-refractivity contribution in [3.63, 3.8) is 0 Å². The zero-order valence-corrected chi connectivity index (χ0v) is 19.2. The lowest BCUT2D eigenvalue weighted by Gasteiger charge is -2.37. The lowest BCUT2D eigenvalue weighted by Crippen LogP contribution is -2.47. The van der Waals surface area contributed by atoms with Gasteiger partial charge in [0.05, 0.1) is 6.04 Å². The van der Waals surface area contributed by atoms with Crippen molar-refractivity contribution in [1.82, 2.24) is 9.80 Å². The molecule has 1 aliphatic rings. The van der Waals surface area contributed by atoms with E-state index in [0.717, 1.165) is 18.4 Å². The molecule has 32 heavy (non-hydrogen) atoms. The molecule has 0 N–H and O–H groups in total. The van der Waals surface area contributed by atoms with Gasteiger partial charge in [0.1, 0.15) is 12.4 Å². The van der Waals surface area contributed by atoms with E-state index in [2.05, 4.69) is 35.7 Å². The van der Waals surface area contributed by atoms with Gasteiger partial charge in [-0.3, -0.25) is 9.59 Å². The van der Waals surface area contributed by atoms with Crippen LogP contribution in [0.3, 0.4) is 0 Å². The minimum absolute atomic E-state index is 0.00583. The monoisotopic (exact) mass is 450 g/mol. The molecular weight excluding hydrogens is 423 g/mol. The minimum atomic E-state index is -0.388. The summed E-state index contributed by atoms with van der Waals surface area (Å²) >= 11 is 1.73. The summed E-state index contributed by atoms with van der Waals surface area (Å²) in [4.78, 5) is 31.4. The first kappa shape index (κ1) is 22.2. The lowest BCUT2D eigenvalue weighted by molar-refractivity contribution is -0.134. The van der Waals surface area contributed by atoms with Crippen LogP contribution in [0.4, 0.5) is 4.39 Å². The molecule has 1 atom stereocenters. The fourth-order valence-electron chi connectivity index (χ4n) is 4.24. The van der Waals surface area contributed by atoms with Crippen molar-refractivity contribution in [2.45, 2.75) is 32.7 Å². The van der Waals surface area contributed by atoms with Crippen LogP contribution in [0.15, 0.2) is 60.0 Å². The second kappa shape index (κ2) is 9.65. The van der Waals surface area contributed by atoms with Crippen LogP contribution in [0.5, 0.6) is 0 Å². The lowest BCUT2D eigenvalue weighted by atomic mass is 9.92. The maximum Gasteiger partial charge on any atom is 0.254 e. The third-order valence-corrected chi connectivity index (χ3v) is 6.87. The van der Waals surface area contributed by atoms with Gasteiger partial charge in [-0.15, -0.1) is 11.3 Å². The molecule has 1 aliphatic heterocycles. The van der Waals surface area contributed by atoms with Crippen molar-refractivity contribution in [3.8, 4) is 0 Å². The predicted molar refractivity (Wildman–Crippen MR) is 125 cm³/mol. The van der Waals surface area contributed by atoms with E-state index in [1.54, 1.807) is 16.2 Å². The van der Waals surface area contributed by atoms with Crippen LogP contribution in [0.1, 0.15) is 51.3 Å². The Hall–Kier alpha value is -2.99.